The number of hydrogen-bond donors (Lipinski definition) is 3. The number of H-pyrrole nitrogens is 1. The number of carboxylic acids is 1. The Balaban J connectivity index is 1.66. The Labute approximate surface area is 147 Å². The lowest BCUT2D eigenvalue weighted by atomic mass is 9.73. The molecule has 0 amide bonds. The SMILES string of the molecule is O=C(O)[C@]1(CCCc2ccccc2)CN(Cc2ncc[nH]2)CC[C@H]1O. The molecule has 25 heavy (non-hydrogen) atoms. The highest BCUT2D eigenvalue weighted by atomic mass is 16.4. The third-order valence-corrected chi connectivity index (χ3v) is 5.15. The zero-order chi connectivity index (χ0) is 17.7. The summed E-state index contributed by atoms with van der Waals surface area (Å²) in [6, 6.07) is 10.0. The lowest BCUT2D eigenvalue weighted by Gasteiger charge is -2.43. The van der Waals surface area contributed by atoms with Gasteiger partial charge in [-0.1, -0.05) is 30.3 Å². The highest BCUT2D eigenvalue weighted by Gasteiger charge is 2.48. The molecule has 0 radical (unpaired) electrons. The molecule has 6 heteroatoms. The molecule has 1 saturated heterocycles. The minimum absolute atomic E-state index is 0.346. The van der Waals surface area contributed by atoms with Crippen molar-refractivity contribution in [3.05, 3.63) is 54.1 Å². The van der Waals surface area contributed by atoms with Crippen molar-refractivity contribution < 1.29 is 15.0 Å². The highest BCUT2D eigenvalue weighted by molar-refractivity contribution is 5.76. The number of carboxylic acid groups (broad SMARTS) is 1. The van der Waals surface area contributed by atoms with Crippen LogP contribution < -0.4 is 0 Å². The number of aliphatic hydroxyl groups excluding tert-OH is 1. The fourth-order valence-electron chi connectivity index (χ4n) is 3.71. The molecule has 0 saturated carbocycles. The van der Waals surface area contributed by atoms with Crippen LogP contribution in [0, 0.1) is 5.41 Å². The van der Waals surface area contributed by atoms with E-state index in [1.54, 1.807) is 12.4 Å². The van der Waals surface area contributed by atoms with Gasteiger partial charge >= 0.3 is 5.97 Å². The van der Waals surface area contributed by atoms with Crippen molar-refractivity contribution in [3.63, 3.8) is 0 Å². The number of hydrogen-bond acceptors (Lipinski definition) is 4. The fourth-order valence-corrected chi connectivity index (χ4v) is 3.71. The summed E-state index contributed by atoms with van der Waals surface area (Å²) in [5, 5.41) is 20.4. The van der Waals surface area contributed by atoms with Crippen molar-refractivity contribution in [1.82, 2.24) is 14.9 Å². The summed E-state index contributed by atoms with van der Waals surface area (Å²) in [4.78, 5) is 21.4. The molecule has 2 heterocycles. The summed E-state index contributed by atoms with van der Waals surface area (Å²) in [5.74, 6) is -0.0860. The summed E-state index contributed by atoms with van der Waals surface area (Å²) in [6.45, 7) is 1.60. The number of imidazole rings is 1. The van der Waals surface area contributed by atoms with Crippen LogP contribution in [-0.4, -0.2) is 50.2 Å². The van der Waals surface area contributed by atoms with Crippen molar-refractivity contribution in [2.45, 2.75) is 38.3 Å². The predicted molar refractivity (Wildman–Crippen MR) is 93.9 cm³/mol. The topological polar surface area (TPSA) is 89.5 Å². The number of benzene rings is 1. The van der Waals surface area contributed by atoms with Crippen molar-refractivity contribution in [1.29, 1.82) is 0 Å². The molecule has 1 aliphatic rings. The van der Waals surface area contributed by atoms with Crippen molar-refractivity contribution in [3.8, 4) is 0 Å². The van der Waals surface area contributed by atoms with Crippen LogP contribution >= 0.6 is 0 Å². The average molecular weight is 343 g/mol. The van der Waals surface area contributed by atoms with Gasteiger partial charge in [0.1, 0.15) is 11.2 Å². The third-order valence-electron chi connectivity index (χ3n) is 5.15. The van der Waals surface area contributed by atoms with E-state index in [0.29, 0.717) is 32.5 Å². The Hall–Kier alpha value is -2.18. The van der Waals surface area contributed by atoms with Gasteiger partial charge in [-0.15, -0.1) is 0 Å². The van der Waals surface area contributed by atoms with Gasteiger partial charge in [-0.05, 0) is 31.2 Å². The summed E-state index contributed by atoms with van der Waals surface area (Å²) in [6.07, 6.45) is 5.14. The number of carbonyl (C=O) groups is 1. The van der Waals surface area contributed by atoms with Crippen LogP contribution in [0.4, 0.5) is 0 Å². The van der Waals surface area contributed by atoms with Gasteiger partial charge in [-0.2, -0.15) is 0 Å². The van der Waals surface area contributed by atoms with Gasteiger partial charge in [0.2, 0.25) is 0 Å². The number of aliphatic carboxylic acids is 1. The molecule has 1 fully saturated rings. The standard InChI is InChI=1S/C19H25N3O3/c23-16-8-12-22(13-17-20-10-11-21-17)14-19(16,18(24)25)9-4-7-15-5-2-1-3-6-15/h1-3,5-6,10-11,16,23H,4,7-9,12-14H2,(H,20,21)(H,24,25)/t16-,19-/m1/s1. The first-order valence-corrected chi connectivity index (χ1v) is 8.76. The molecule has 2 atom stereocenters. The van der Waals surface area contributed by atoms with E-state index in [4.69, 9.17) is 0 Å². The molecule has 2 aromatic rings. The molecule has 3 N–H and O–H groups in total. The van der Waals surface area contributed by atoms with E-state index in [1.807, 2.05) is 30.3 Å². The molecule has 1 aromatic carbocycles. The number of rotatable bonds is 7. The minimum atomic E-state index is -1.11. The first-order valence-electron chi connectivity index (χ1n) is 8.76. The quantitative estimate of drug-likeness (QED) is 0.716. The Bertz CT molecular complexity index is 674. The van der Waals surface area contributed by atoms with Gasteiger partial charge < -0.3 is 15.2 Å². The number of likely N-dealkylation sites (tertiary alicyclic amines) is 1. The van der Waals surface area contributed by atoms with Crippen LogP contribution in [-0.2, 0) is 17.8 Å². The number of nitrogens with zero attached hydrogens (tertiary/aromatic N) is 2. The van der Waals surface area contributed by atoms with Crippen LogP contribution in [0.25, 0.3) is 0 Å². The Morgan fingerprint density at radius 2 is 2.16 bits per heavy atom. The molecule has 1 aliphatic heterocycles. The van der Waals surface area contributed by atoms with Gasteiger partial charge in [0.05, 0.1) is 12.6 Å². The maximum absolute atomic E-state index is 12.1. The maximum atomic E-state index is 12.1. The molecular formula is C19H25N3O3. The van der Waals surface area contributed by atoms with E-state index < -0.39 is 17.5 Å². The normalized spacial score (nSPS) is 24.3. The van der Waals surface area contributed by atoms with Crippen LogP contribution in [0.15, 0.2) is 42.7 Å². The Morgan fingerprint density at radius 1 is 1.36 bits per heavy atom. The third kappa shape index (κ3) is 4.08. The minimum Gasteiger partial charge on any atom is -0.481 e. The highest BCUT2D eigenvalue weighted by Crippen LogP contribution is 2.36. The average Bonchev–Trinajstić information content (AvgIpc) is 3.11. The van der Waals surface area contributed by atoms with Gasteiger partial charge in [0.25, 0.3) is 0 Å². The van der Waals surface area contributed by atoms with Gasteiger partial charge in [-0.3, -0.25) is 9.69 Å². The van der Waals surface area contributed by atoms with Crippen LogP contribution in [0.3, 0.4) is 0 Å². The van der Waals surface area contributed by atoms with E-state index in [0.717, 1.165) is 18.7 Å². The monoisotopic (exact) mass is 343 g/mol. The second-order valence-corrected chi connectivity index (χ2v) is 6.85. The second-order valence-electron chi connectivity index (χ2n) is 6.85. The number of aromatic nitrogens is 2. The molecule has 0 bridgehead atoms. The largest absolute Gasteiger partial charge is 0.481 e. The van der Waals surface area contributed by atoms with Gasteiger partial charge in [0.15, 0.2) is 0 Å². The van der Waals surface area contributed by atoms with E-state index in [-0.39, 0.29) is 0 Å². The van der Waals surface area contributed by atoms with E-state index >= 15 is 0 Å². The van der Waals surface area contributed by atoms with Crippen LogP contribution in [0.2, 0.25) is 0 Å². The van der Waals surface area contributed by atoms with Crippen molar-refractivity contribution >= 4 is 5.97 Å². The zero-order valence-electron chi connectivity index (χ0n) is 14.3. The molecular weight excluding hydrogens is 318 g/mol. The summed E-state index contributed by atoms with van der Waals surface area (Å²) < 4.78 is 0. The Kier molecular flexibility index (Phi) is 5.50. The number of aliphatic hydroxyl groups is 1. The smallest absolute Gasteiger partial charge is 0.313 e. The van der Waals surface area contributed by atoms with Crippen molar-refractivity contribution in [2.24, 2.45) is 5.41 Å². The summed E-state index contributed by atoms with van der Waals surface area (Å²) >= 11 is 0. The van der Waals surface area contributed by atoms with Crippen molar-refractivity contribution in [2.75, 3.05) is 13.1 Å². The number of aryl methyl sites for hydroxylation is 1. The predicted octanol–water partition coefficient (Wildman–Crippen LogP) is 2.07. The lowest BCUT2D eigenvalue weighted by molar-refractivity contribution is -0.164. The number of piperidine rings is 1. The van der Waals surface area contributed by atoms with E-state index in [2.05, 4.69) is 14.9 Å². The first kappa shape index (κ1) is 17.6. The van der Waals surface area contributed by atoms with Gasteiger partial charge in [0, 0.05) is 25.5 Å². The zero-order valence-corrected chi connectivity index (χ0v) is 14.3. The first-order chi connectivity index (χ1) is 12.1. The van der Waals surface area contributed by atoms with E-state index in [1.165, 1.54) is 5.56 Å². The molecule has 0 unspecified atom stereocenters. The number of nitrogens with one attached hydrogen (secondary N) is 1. The Morgan fingerprint density at radius 3 is 2.84 bits per heavy atom. The molecule has 3 rings (SSSR count). The van der Waals surface area contributed by atoms with E-state index in [9.17, 15) is 15.0 Å². The molecule has 1 aromatic heterocycles. The fraction of sp³-hybridized carbons (Fsp3) is 0.474. The summed E-state index contributed by atoms with van der Waals surface area (Å²) in [7, 11) is 0. The van der Waals surface area contributed by atoms with Crippen LogP contribution in [0.1, 0.15) is 30.7 Å². The van der Waals surface area contributed by atoms with Crippen LogP contribution in [0.5, 0.6) is 0 Å². The molecule has 0 aliphatic carbocycles. The number of aromatic amines is 1. The molecule has 0 spiro atoms. The molecule has 6 nitrogen and oxygen atoms in total. The molecule has 134 valence electrons. The maximum Gasteiger partial charge on any atom is 0.313 e. The van der Waals surface area contributed by atoms with Gasteiger partial charge in [-0.25, -0.2) is 4.98 Å². The summed E-state index contributed by atoms with van der Waals surface area (Å²) in [5.41, 5.74) is 0.0837. The second kappa shape index (κ2) is 7.80. The lowest BCUT2D eigenvalue weighted by Crippen LogP contribution is -2.55.